The molecule has 122 valence electrons. The summed E-state index contributed by atoms with van der Waals surface area (Å²) in [5, 5.41) is 9.66. The van der Waals surface area contributed by atoms with Crippen molar-refractivity contribution < 1.29 is 9.90 Å². The molecule has 0 spiro atoms. The van der Waals surface area contributed by atoms with Crippen LogP contribution in [-0.2, 0) is 11.3 Å². The summed E-state index contributed by atoms with van der Waals surface area (Å²) in [7, 11) is 5.75. The van der Waals surface area contributed by atoms with Crippen molar-refractivity contribution in [3.63, 3.8) is 0 Å². The highest BCUT2D eigenvalue weighted by Gasteiger charge is 2.26. The van der Waals surface area contributed by atoms with Gasteiger partial charge >= 0.3 is 0 Å². The van der Waals surface area contributed by atoms with E-state index in [-0.39, 0.29) is 18.6 Å². The first-order valence-electron chi connectivity index (χ1n) is 7.65. The molecule has 1 atom stereocenters. The second-order valence-corrected chi connectivity index (χ2v) is 6.22. The number of nitrogens with zero attached hydrogens (tertiary/aromatic N) is 4. The van der Waals surface area contributed by atoms with E-state index in [1.165, 1.54) is 0 Å². The lowest BCUT2D eigenvalue weighted by Crippen LogP contribution is -2.45. The normalized spacial score (nSPS) is 18.9. The number of hydrogen-bond donors (Lipinski definition) is 1. The van der Waals surface area contributed by atoms with Crippen molar-refractivity contribution in [2.24, 2.45) is 0 Å². The van der Waals surface area contributed by atoms with Crippen LogP contribution in [0.15, 0.2) is 12.1 Å². The second-order valence-electron chi connectivity index (χ2n) is 6.22. The van der Waals surface area contributed by atoms with E-state index in [1.807, 2.05) is 54.9 Å². The minimum Gasteiger partial charge on any atom is -0.394 e. The Morgan fingerprint density at radius 3 is 2.82 bits per heavy atom. The van der Waals surface area contributed by atoms with Gasteiger partial charge in [-0.05, 0) is 33.5 Å². The predicted molar refractivity (Wildman–Crippen MR) is 86.8 cm³/mol. The van der Waals surface area contributed by atoms with Crippen LogP contribution in [-0.4, -0.2) is 72.7 Å². The fourth-order valence-electron chi connectivity index (χ4n) is 2.75. The predicted octanol–water partition coefficient (Wildman–Crippen LogP) is 0.481. The number of rotatable bonds is 3. The molecule has 0 bridgehead atoms. The molecule has 6 nitrogen and oxygen atoms in total. The van der Waals surface area contributed by atoms with Gasteiger partial charge in [0, 0.05) is 31.4 Å². The third kappa shape index (κ3) is 3.75. The average Bonchev–Trinajstić information content (AvgIpc) is 2.45. The van der Waals surface area contributed by atoms with Crippen LogP contribution in [0, 0.1) is 6.92 Å². The number of aliphatic hydroxyl groups excluding tert-OH is 1. The van der Waals surface area contributed by atoms with Crippen molar-refractivity contribution in [3.05, 3.63) is 23.4 Å². The van der Waals surface area contributed by atoms with Gasteiger partial charge in [-0.25, -0.2) is 4.98 Å². The molecule has 1 amide bonds. The summed E-state index contributed by atoms with van der Waals surface area (Å²) in [5.41, 5.74) is 1.97. The molecule has 1 N–H and O–H groups in total. The second kappa shape index (κ2) is 7.07. The molecule has 1 aliphatic heterocycles. The van der Waals surface area contributed by atoms with E-state index in [9.17, 15) is 9.90 Å². The molecule has 0 fully saturated rings. The standard InChI is InChI=1S/C16H26N4O2/c1-12-5-6-13-9-20(15(22)10-18(2)3)8-7-14(11-21)19(4)16(13)17-12/h5-6,14,21H,7-11H2,1-4H3. The van der Waals surface area contributed by atoms with Gasteiger partial charge < -0.3 is 19.8 Å². The van der Waals surface area contributed by atoms with Gasteiger partial charge in [0.25, 0.3) is 0 Å². The zero-order valence-corrected chi connectivity index (χ0v) is 13.9. The van der Waals surface area contributed by atoms with Crippen LogP contribution in [0.1, 0.15) is 17.7 Å². The number of carbonyl (C=O) groups excluding carboxylic acids is 1. The van der Waals surface area contributed by atoms with E-state index >= 15 is 0 Å². The number of hydrogen-bond acceptors (Lipinski definition) is 5. The van der Waals surface area contributed by atoms with Crippen molar-refractivity contribution in [1.82, 2.24) is 14.8 Å². The Kier molecular flexibility index (Phi) is 5.37. The van der Waals surface area contributed by atoms with Crippen molar-refractivity contribution in [1.29, 1.82) is 0 Å². The molecule has 1 aromatic rings. The van der Waals surface area contributed by atoms with E-state index in [2.05, 4.69) is 4.98 Å². The van der Waals surface area contributed by atoms with Crippen molar-refractivity contribution in [2.75, 3.05) is 45.7 Å². The van der Waals surface area contributed by atoms with Gasteiger partial charge in [0.05, 0.1) is 19.2 Å². The highest BCUT2D eigenvalue weighted by atomic mass is 16.3. The Balaban J connectivity index is 2.32. The van der Waals surface area contributed by atoms with Crippen LogP contribution in [0.25, 0.3) is 0 Å². The summed E-state index contributed by atoms with van der Waals surface area (Å²) in [6, 6.07) is 3.98. The Labute approximate surface area is 132 Å². The summed E-state index contributed by atoms with van der Waals surface area (Å²) >= 11 is 0. The number of aromatic nitrogens is 1. The molecular formula is C16H26N4O2. The summed E-state index contributed by atoms with van der Waals surface area (Å²) < 4.78 is 0. The maximum absolute atomic E-state index is 12.4. The van der Waals surface area contributed by atoms with Gasteiger partial charge in [-0.2, -0.15) is 0 Å². The van der Waals surface area contributed by atoms with Gasteiger partial charge in [-0.3, -0.25) is 4.79 Å². The molecule has 1 aliphatic rings. The maximum atomic E-state index is 12.4. The van der Waals surface area contributed by atoms with Crippen LogP contribution < -0.4 is 4.90 Å². The van der Waals surface area contributed by atoms with Crippen LogP contribution in [0.5, 0.6) is 0 Å². The zero-order valence-electron chi connectivity index (χ0n) is 13.9. The van der Waals surface area contributed by atoms with Gasteiger partial charge in [0.15, 0.2) is 0 Å². The summed E-state index contributed by atoms with van der Waals surface area (Å²) in [6.45, 7) is 3.62. The van der Waals surface area contributed by atoms with E-state index < -0.39 is 0 Å². The minimum absolute atomic E-state index is 0.0250. The lowest BCUT2D eigenvalue weighted by atomic mass is 10.1. The number of likely N-dealkylation sites (N-methyl/N-ethyl adjacent to an activating group) is 2. The fraction of sp³-hybridized carbons (Fsp3) is 0.625. The number of aliphatic hydroxyl groups is 1. The molecular weight excluding hydrogens is 280 g/mol. The third-order valence-electron chi connectivity index (χ3n) is 4.09. The maximum Gasteiger partial charge on any atom is 0.237 e. The number of amides is 1. The van der Waals surface area contributed by atoms with E-state index in [4.69, 9.17) is 0 Å². The Hall–Kier alpha value is -1.66. The summed E-state index contributed by atoms with van der Waals surface area (Å²) in [6.07, 6.45) is 0.737. The van der Waals surface area contributed by atoms with Crippen molar-refractivity contribution >= 4 is 11.7 Å². The van der Waals surface area contributed by atoms with Crippen molar-refractivity contribution in [3.8, 4) is 0 Å². The molecule has 1 aromatic heterocycles. The highest BCUT2D eigenvalue weighted by Crippen LogP contribution is 2.25. The van der Waals surface area contributed by atoms with Crippen LogP contribution in [0.3, 0.4) is 0 Å². The molecule has 0 saturated carbocycles. The number of pyridine rings is 1. The lowest BCUT2D eigenvalue weighted by Gasteiger charge is -2.36. The molecule has 0 aromatic carbocycles. The molecule has 0 radical (unpaired) electrons. The molecule has 22 heavy (non-hydrogen) atoms. The molecule has 1 unspecified atom stereocenters. The molecule has 2 heterocycles. The van der Waals surface area contributed by atoms with Gasteiger partial charge in [-0.1, -0.05) is 6.07 Å². The van der Waals surface area contributed by atoms with E-state index in [0.717, 1.165) is 23.5 Å². The minimum atomic E-state index is -0.0250. The largest absolute Gasteiger partial charge is 0.394 e. The third-order valence-corrected chi connectivity index (χ3v) is 4.09. The quantitative estimate of drug-likeness (QED) is 0.880. The van der Waals surface area contributed by atoms with Crippen LogP contribution in [0.2, 0.25) is 0 Å². The van der Waals surface area contributed by atoms with Gasteiger partial charge in [0.1, 0.15) is 5.82 Å². The number of fused-ring (bicyclic) bond motifs is 1. The molecule has 6 heteroatoms. The zero-order chi connectivity index (χ0) is 16.3. The van der Waals surface area contributed by atoms with Gasteiger partial charge in [-0.15, -0.1) is 0 Å². The first kappa shape index (κ1) is 16.7. The first-order valence-corrected chi connectivity index (χ1v) is 7.65. The lowest BCUT2D eigenvalue weighted by molar-refractivity contribution is -0.132. The molecule has 0 aliphatic carbocycles. The Morgan fingerprint density at radius 1 is 1.45 bits per heavy atom. The fourth-order valence-corrected chi connectivity index (χ4v) is 2.75. The Bertz CT molecular complexity index is 533. The first-order chi connectivity index (χ1) is 10.4. The van der Waals surface area contributed by atoms with Crippen LogP contribution >= 0.6 is 0 Å². The topological polar surface area (TPSA) is 59.9 Å². The monoisotopic (exact) mass is 306 g/mol. The number of aryl methyl sites for hydroxylation is 1. The number of anilines is 1. The molecule has 0 saturated heterocycles. The average molecular weight is 306 g/mol. The molecule has 2 rings (SSSR count). The SMILES string of the molecule is Cc1ccc2c(n1)N(C)C(CO)CCN(C(=O)CN(C)C)C2. The number of carbonyl (C=O) groups is 1. The highest BCUT2D eigenvalue weighted by molar-refractivity contribution is 5.78. The van der Waals surface area contributed by atoms with Crippen molar-refractivity contribution in [2.45, 2.75) is 25.9 Å². The summed E-state index contributed by atoms with van der Waals surface area (Å²) in [4.78, 5) is 22.8. The van der Waals surface area contributed by atoms with Gasteiger partial charge in [0.2, 0.25) is 5.91 Å². The van der Waals surface area contributed by atoms with E-state index in [0.29, 0.717) is 19.6 Å². The van der Waals surface area contributed by atoms with E-state index in [1.54, 1.807) is 0 Å². The smallest absolute Gasteiger partial charge is 0.237 e. The Morgan fingerprint density at radius 2 is 2.18 bits per heavy atom. The summed E-state index contributed by atoms with van der Waals surface area (Å²) in [5.74, 6) is 0.971. The van der Waals surface area contributed by atoms with Crippen LogP contribution in [0.4, 0.5) is 5.82 Å².